The zero-order chi connectivity index (χ0) is 11.5. The van der Waals surface area contributed by atoms with Gasteiger partial charge in [-0.05, 0) is 25.7 Å². The highest BCUT2D eigenvalue weighted by Crippen LogP contribution is 2.18. The van der Waals surface area contributed by atoms with Crippen LogP contribution in [0.3, 0.4) is 0 Å². The van der Waals surface area contributed by atoms with Crippen molar-refractivity contribution in [2.45, 2.75) is 44.9 Å². The van der Waals surface area contributed by atoms with Gasteiger partial charge in [0.25, 0.3) is 0 Å². The Morgan fingerprint density at radius 2 is 1.80 bits per heavy atom. The lowest BCUT2D eigenvalue weighted by Gasteiger charge is -2.15. The van der Waals surface area contributed by atoms with Gasteiger partial charge in [-0.2, -0.15) is 0 Å². The highest BCUT2D eigenvalue weighted by Gasteiger charge is 2.25. The highest BCUT2D eigenvalue weighted by molar-refractivity contribution is 7.90. The van der Waals surface area contributed by atoms with Gasteiger partial charge in [0.2, 0.25) is 10.0 Å². The van der Waals surface area contributed by atoms with Crippen LogP contribution in [0, 0.1) is 5.92 Å². The van der Waals surface area contributed by atoms with E-state index in [0.717, 1.165) is 0 Å². The average molecular weight is 234 g/mol. The molecule has 1 fully saturated rings. The number of hydrogen-bond acceptors (Lipinski definition) is 3. The summed E-state index contributed by atoms with van der Waals surface area (Å²) >= 11 is 0. The standard InChI is InChI=1S/C10H22N2O2S/c1-8(2)6-12-15(13,14)9(3)7-11-10-4-5-10/h8-12H,4-7H2,1-3H3. The zero-order valence-electron chi connectivity index (χ0n) is 9.79. The van der Waals surface area contributed by atoms with Crippen LogP contribution in [0.4, 0.5) is 0 Å². The lowest BCUT2D eigenvalue weighted by Crippen LogP contribution is -2.40. The van der Waals surface area contributed by atoms with Crippen molar-refractivity contribution in [2.75, 3.05) is 13.1 Å². The Labute approximate surface area is 92.9 Å². The van der Waals surface area contributed by atoms with Crippen molar-refractivity contribution >= 4 is 10.0 Å². The second-order valence-corrected chi connectivity index (χ2v) is 6.96. The van der Waals surface area contributed by atoms with Crippen LogP contribution in [0.25, 0.3) is 0 Å². The van der Waals surface area contributed by atoms with Gasteiger partial charge < -0.3 is 5.32 Å². The lowest BCUT2D eigenvalue weighted by molar-refractivity contribution is 0.541. The molecule has 0 bridgehead atoms. The van der Waals surface area contributed by atoms with E-state index >= 15 is 0 Å². The number of sulfonamides is 1. The minimum Gasteiger partial charge on any atom is -0.313 e. The molecular weight excluding hydrogens is 212 g/mol. The predicted molar refractivity (Wildman–Crippen MR) is 62.2 cm³/mol. The summed E-state index contributed by atoms with van der Waals surface area (Å²) in [5.41, 5.74) is 0. The molecule has 4 nitrogen and oxygen atoms in total. The van der Waals surface area contributed by atoms with Crippen LogP contribution in [0.15, 0.2) is 0 Å². The first-order valence-corrected chi connectivity index (χ1v) is 7.18. The third kappa shape index (κ3) is 4.95. The molecule has 1 rings (SSSR count). The quantitative estimate of drug-likeness (QED) is 0.682. The Balaban J connectivity index is 2.30. The maximum Gasteiger partial charge on any atom is 0.215 e. The summed E-state index contributed by atoms with van der Waals surface area (Å²) in [7, 11) is -3.14. The SMILES string of the molecule is CC(C)CNS(=O)(=O)C(C)CNC1CC1. The topological polar surface area (TPSA) is 58.2 Å². The van der Waals surface area contributed by atoms with Crippen LogP contribution in [-0.2, 0) is 10.0 Å². The fraction of sp³-hybridized carbons (Fsp3) is 1.00. The van der Waals surface area contributed by atoms with Gasteiger partial charge in [0, 0.05) is 19.1 Å². The number of nitrogens with one attached hydrogen (secondary N) is 2. The molecule has 1 aliphatic carbocycles. The predicted octanol–water partition coefficient (Wildman–Crippen LogP) is 0.702. The van der Waals surface area contributed by atoms with Crippen molar-refractivity contribution in [3.63, 3.8) is 0 Å². The maximum absolute atomic E-state index is 11.7. The molecule has 2 N–H and O–H groups in total. The van der Waals surface area contributed by atoms with Gasteiger partial charge in [-0.3, -0.25) is 0 Å². The van der Waals surface area contributed by atoms with Crippen molar-refractivity contribution in [2.24, 2.45) is 5.92 Å². The molecule has 1 aliphatic rings. The van der Waals surface area contributed by atoms with E-state index in [0.29, 0.717) is 25.0 Å². The van der Waals surface area contributed by atoms with Crippen molar-refractivity contribution in [3.8, 4) is 0 Å². The summed E-state index contributed by atoms with van der Waals surface area (Å²) in [6.45, 7) is 6.82. The first-order chi connectivity index (χ1) is 6.92. The third-order valence-corrected chi connectivity index (χ3v) is 4.29. The summed E-state index contributed by atoms with van der Waals surface area (Å²) in [4.78, 5) is 0. The summed E-state index contributed by atoms with van der Waals surface area (Å²) < 4.78 is 26.1. The van der Waals surface area contributed by atoms with Gasteiger partial charge in [-0.15, -0.1) is 0 Å². The summed E-state index contributed by atoms with van der Waals surface area (Å²) in [5, 5.41) is 2.88. The van der Waals surface area contributed by atoms with E-state index in [4.69, 9.17) is 0 Å². The maximum atomic E-state index is 11.7. The minimum absolute atomic E-state index is 0.350. The monoisotopic (exact) mass is 234 g/mol. The first-order valence-electron chi connectivity index (χ1n) is 5.63. The smallest absolute Gasteiger partial charge is 0.215 e. The Morgan fingerprint density at radius 1 is 1.20 bits per heavy atom. The number of hydrogen-bond donors (Lipinski definition) is 2. The first kappa shape index (κ1) is 12.9. The highest BCUT2D eigenvalue weighted by atomic mass is 32.2. The molecule has 0 spiro atoms. The van der Waals surface area contributed by atoms with Gasteiger partial charge in [-0.25, -0.2) is 13.1 Å². The molecule has 1 unspecified atom stereocenters. The van der Waals surface area contributed by atoms with Crippen LogP contribution >= 0.6 is 0 Å². The van der Waals surface area contributed by atoms with Crippen molar-refractivity contribution < 1.29 is 8.42 Å². The molecule has 0 aromatic rings. The third-order valence-electron chi connectivity index (χ3n) is 2.49. The van der Waals surface area contributed by atoms with Gasteiger partial charge in [0.05, 0.1) is 5.25 Å². The van der Waals surface area contributed by atoms with Gasteiger partial charge in [0.1, 0.15) is 0 Å². The molecule has 0 aromatic carbocycles. The molecule has 0 radical (unpaired) electrons. The van der Waals surface area contributed by atoms with E-state index in [1.807, 2.05) is 13.8 Å². The molecule has 0 amide bonds. The van der Waals surface area contributed by atoms with Crippen LogP contribution in [0.1, 0.15) is 33.6 Å². The van der Waals surface area contributed by atoms with Crippen LogP contribution < -0.4 is 10.0 Å². The second-order valence-electron chi connectivity index (χ2n) is 4.78. The Hall–Kier alpha value is -0.130. The van der Waals surface area contributed by atoms with E-state index in [1.54, 1.807) is 6.92 Å². The van der Waals surface area contributed by atoms with Crippen LogP contribution in [-0.4, -0.2) is 32.8 Å². The normalized spacial score (nSPS) is 19.5. The average Bonchev–Trinajstić information content (AvgIpc) is 2.94. The molecule has 0 aliphatic heterocycles. The molecular formula is C10H22N2O2S. The summed E-state index contributed by atoms with van der Waals surface area (Å²) in [6.07, 6.45) is 2.37. The lowest BCUT2D eigenvalue weighted by atomic mass is 10.2. The molecule has 15 heavy (non-hydrogen) atoms. The summed E-state index contributed by atoms with van der Waals surface area (Å²) in [6, 6.07) is 0.563. The molecule has 5 heteroatoms. The van der Waals surface area contributed by atoms with E-state index in [1.165, 1.54) is 12.8 Å². The summed E-state index contributed by atoms with van der Waals surface area (Å²) in [5.74, 6) is 0.350. The molecule has 0 aromatic heterocycles. The van der Waals surface area contributed by atoms with Gasteiger partial charge in [0.15, 0.2) is 0 Å². The minimum atomic E-state index is -3.14. The van der Waals surface area contributed by atoms with Crippen LogP contribution in [0.5, 0.6) is 0 Å². The molecule has 90 valence electrons. The van der Waals surface area contributed by atoms with Gasteiger partial charge in [-0.1, -0.05) is 13.8 Å². The number of rotatable bonds is 7. The fourth-order valence-electron chi connectivity index (χ4n) is 1.15. The zero-order valence-corrected chi connectivity index (χ0v) is 10.6. The van der Waals surface area contributed by atoms with Gasteiger partial charge >= 0.3 is 0 Å². The second kappa shape index (κ2) is 5.27. The van der Waals surface area contributed by atoms with Crippen molar-refractivity contribution in [1.82, 2.24) is 10.0 Å². The van der Waals surface area contributed by atoms with Crippen molar-refractivity contribution in [3.05, 3.63) is 0 Å². The molecule has 1 atom stereocenters. The van der Waals surface area contributed by atoms with E-state index in [-0.39, 0.29) is 5.25 Å². The largest absolute Gasteiger partial charge is 0.313 e. The van der Waals surface area contributed by atoms with Crippen molar-refractivity contribution in [1.29, 1.82) is 0 Å². The van der Waals surface area contributed by atoms with Crippen LogP contribution in [0.2, 0.25) is 0 Å². The molecule has 0 heterocycles. The Kier molecular flexibility index (Phi) is 4.55. The Morgan fingerprint density at radius 3 is 2.27 bits per heavy atom. The fourth-order valence-corrected chi connectivity index (χ4v) is 2.32. The Bertz CT molecular complexity index is 284. The van der Waals surface area contributed by atoms with E-state index in [2.05, 4.69) is 10.0 Å². The molecule has 1 saturated carbocycles. The van der Waals surface area contributed by atoms with E-state index < -0.39 is 10.0 Å². The van der Waals surface area contributed by atoms with E-state index in [9.17, 15) is 8.42 Å². The molecule has 0 saturated heterocycles.